The van der Waals surface area contributed by atoms with E-state index in [2.05, 4.69) is 10.6 Å². The van der Waals surface area contributed by atoms with Crippen LogP contribution >= 0.6 is 0 Å². The topological polar surface area (TPSA) is 84.5 Å². The van der Waals surface area contributed by atoms with E-state index in [1.54, 1.807) is 30.3 Å². The summed E-state index contributed by atoms with van der Waals surface area (Å²) in [4.78, 5) is 35.9. The molecule has 6 nitrogen and oxygen atoms in total. The summed E-state index contributed by atoms with van der Waals surface area (Å²) in [5.41, 5.74) is 1.53. The van der Waals surface area contributed by atoms with E-state index in [1.807, 2.05) is 30.3 Å². The first kappa shape index (κ1) is 19.2. The maximum absolute atomic E-state index is 12.1. The maximum Gasteiger partial charge on any atom is 0.328 e. The van der Waals surface area contributed by atoms with Gasteiger partial charge < -0.3 is 15.4 Å². The van der Waals surface area contributed by atoms with Crippen LogP contribution in [0.4, 0.5) is 0 Å². The molecule has 0 spiro atoms. The molecule has 0 saturated carbocycles. The summed E-state index contributed by atoms with van der Waals surface area (Å²) in [5, 5.41) is 5.15. The molecule has 0 unspecified atom stereocenters. The number of rotatable bonds is 8. The van der Waals surface area contributed by atoms with Crippen LogP contribution in [0.2, 0.25) is 0 Å². The second kappa shape index (κ2) is 9.98. The molecular weight excluding hydrogens is 332 g/mol. The Morgan fingerprint density at radius 2 is 1.58 bits per heavy atom. The van der Waals surface area contributed by atoms with E-state index >= 15 is 0 Å². The predicted octanol–water partition coefficient (Wildman–Crippen LogP) is 1.71. The van der Waals surface area contributed by atoms with Crippen molar-refractivity contribution in [2.45, 2.75) is 18.9 Å². The smallest absolute Gasteiger partial charge is 0.328 e. The van der Waals surface area contributed by atoms with Crippen LogP contribution in [0.1, 0.15) is 22.3 Å². The number of hydrogen-bond donors (Lipinski definition) is 2. The van der Waals surface area contributed by atoms with Gasteiger partial charge in [0.05, 0.1) is 13.7 Å². The molecule has 2 N–H and O–H groups in total. The van der Waals surface area contributed by atoms with E-state index in [0.717, 1.165) is 5.56 Å². The normalized spacial score (nSPS) is 11.3. The third-order valence-electron chi connectivity index (χ3n) is 3.83. The highest BCUT2D eigenvalue weighted by Gasteiger charge is 2.21. The van der Waals surface area contributed by atoms with Gasteiger partial charge in [-0.3, -0.25) is 9.59 Å². The molecule has 0 aromatic heterocycles. The summed E-state index contributed by atoms with van der Waals surface area (Å²) in [5.74, 6) is -1.30. The molecule has 0 aliphatic rings. The summed E-state index contributed by atoms with van der Waals surface area (Å²) in [7, 11) is 1.28. The van der Waals surface area contributed by atoms with Gasteiger partial charge in [-0.25, -0.2) is 4.79 Å². The first-order valence-corrected chi connectivity index (χ1v) is 8.34. The summed E-state index contributed by atoms with van der Waals surface area (Å²) < 4.78 is 4.76. The summed E-state index contributed by atoms with van der Waals surface area (Å²) in [6.45, 7) is -0.216. The number of esters is 1. The predicted molar refractivity (Wildman–Crippen MR) is 97.5 cm³/mol. The van der Waals surface area contributed by atoms with E-state index < -0.39 is 17.9 Å². The number of carbonyl (C=O) groups excluding carboxylic acids is 3. The molecule has 2 rings (SSSR count). The first-order chi connectivity index (χ1) is 12.6. The lowest BCUT2D eigenvalue weighted by Crippen LogP contribution is -2.46. The number of aryl methyl sites for hydroxylation is 1. The van der Waals surface area contributed by atoms with Crippen LogP contribution < -0.4 is 10.6 Å². The molecule has 0 radical (unpaired) electrons. The lowest BCUT2D eigenvalue weighted by Gasteiger charge is -2.16. The third kappa shape index (κ3) is 6.05. The monoisotopic (exact) mass is 354 g/mol. The quantitative estimate of drug-likeness (QED) is 0.707. The lowest BCUT2D eigenvalue weighted by molar-refractivity contribution is -0.145. The molecule has 26 heavy (non-hydrogen) atoms. The van der Waals surface area contributed by atoms with Crippen LogP contribution in [-0.4, -0.2) is 37.5 Å². The maximum atomic E-state index is 12.1. The van der Waals surface area contributed by atoms with E-state index in [4.69, 9.17) is 4.74 Å². The molecule has 0 aliphatic heterocycles. The fraction of sp³-hybridized carbons (Fsp3) is 0.250. The zero-order valence-corrected chi connectivity index (χ0v) is 14.6. The van der Waals surface area contributed by atoms with Gasteiger partial charge in [0.1, 0.15) is 6.04 Å². The van der Waals surface area contributed by atoms with Crippen molar-refractivity contribution in [1.29, 1.82) is 0 Å². The van der Waals surface area contributed by atoms with Crippen molar-refractivity contribution in [2.75, 3.05) is 13.7 Å². The van der Waals surface area contributed by atoms with E-state index in [9.17, 15) is 14.4 Å². The SMILES string of the molecule is COC(=O)[C@H](CCc1ccccc1)NC(=O)CNC(=O)c1ccccc1. The van der Waals surface area contributed by atoms with Gasteiger partial charge in [-0.05, 0) is 30.5 Å². The van der Waals surface area contributed by atoms with Crippen LogP contribution in [0.15, 0.2) is 60.7 Å². The van der Waals surface area contributed by atoms with Crippen molar-refractivity contribution in [3.63, 3.8) is 0 Å². The van der Waals surface area contributed by atoms with Gasteiger partial charge in [0.25, 0.3) is 5.91 Å². The largest absolute Gasteiger partial charge is 0.467 e. The van der Waals surface area contributed by atoms with E-state index in [-0.39, 0.29) is 12.5 Å². The molecule has 0 fully saturated rings. The second-order valence-electron chi connectivity index (χ2n) is 5.72. The Balaban J connectivity index is 1.85. The number of ether oxygens (including phenoxy) is 1. The molecule has 136 valence electrons. The van der Waals surface area contributed by atoms with Crippen LogP contribution in [0.5, 0.6) is 0 Å². The van der Waals surface area contributed by atoms with E-state index in [1.165, 1.54) is 7.11 Å². The van der Waals surface area contributed by atoms with Gasteiger partial charge in [0, 0.05) is 5.56 Å². The zero-order valence-electron chi connectivity index (χ0n) is 14.6. The molecular formula is C20H22N2O4. The van der Waals surface area contributed by atoms with E-state index in [0.29, 0.717) is 18.4 Å². The zero-order chi connectivity index (χ0) is 18.8. The summed E-state index contributed by atoms with van der Waals surface area (Å²) >= 11 is 0. The number of amides is 2. The highest BCUT2D eigenvalue weighted by Crippen LogP contribution is 2.06. The van der Waals surface area contributed by atoms with Crippen molar-refractivity contribution in [1.82, 2.24) is 10.6 Å². The molecule has 6 heteroatoms. The second-order valence-corrected chi connectivity index (χ2v) is 5.72. The fourth-order valence-electron chi connectivity index (χ4n) is 2.44. The number of benzene rings is 2. The van der Waals surface area contributed by atoms with Crippen molar-refractivity contribution in [3.8, 4) is 0 Å². The number of carbonyl (C=O) groups is 3. The summed E-state index contributed by atoms with van der Waals surface area (Å²) in [6.07, 6.45) is 1.03. The molecule has 0 aliphatic carbocycles. The standard InChI is InChI=1S/C20H22N2O4/c1-26-20(25)17(13-12-15-8-4-2-5-9-15)22-18(23)14-21-19(24)16-10-6-3-7-11-16/h2-11,17H,12-14H2,1H3,(H,21,24)(H,22,23)/t17-/m0/s1. The number of nitrogens with one attached hydrogen (secondary N) is 2. The fourth-order valence-corrected chi connectivity index (χ4v) is 2.44. The Morgan fingerprint density at radius 3 is 2.19 bits per heavy atom. The van der Waals surface area contributed by atoms with Crippen molar-refractivity contribution >= 4 is 17.8 Å². The molecule has 2 aromatic rings. The Bertz CT molecular complexity index is 732. The highest BCUT2D eigenvalue weighted by atomic mass is 16.5. The van der Waals surface area contributed by atoms with Crippen molar-refractivity contribution < 1.29 is 19.1 Å². The Morgan fingerprint density at radius 1 is 0.962 bits per heavy atom. The van der Waals surface area contributed by atoms with Gasteiger partial charge in [0.15, 0.2) is 0 Å². The molecule has 0 bridgehead atoms. The summed E-state index contributed by atoms with van der Waals surface area (Å²) in [6, 6.07) is 17.5. The van der Waals surface area contributed by atoms with Crippen LogP contribution in [0.25, 0.3) is 0 Å². The van der Waals surface area contributed by atoms with Gasteiger partial charge in [-0.2, -0.15) is 0 Å². The minimum atomic E-state index is -0.763. The number of methoxy groups -OCH3 is 1. The van der Waals surface area contributed by atoms with Crippen LogP contribution in [0.3, 0.4) is 0 Å². The minimum Gasteiger partial charge on any atom is -0.467 e. The average molecular weight is 354 g/mol. The van der Waals surface area contributed by atoms with Crippen LogP contribution in [-0.2, 0) is 20.7 Å². The van der Waals surface area contributed by atoms with Gasteiger partial charge in [-0.1, -0.05) is 48.5 Å². The first-order valence-electron chi connectivity index (χ1n) is 8.34. The van der Waals surface area contributed by atoms with Gasteiger partial charge >= 0.3 is 5.97 Å². The molecule has 2 amide bonds. The number of hydrogen-bond acceptors (Lipinski definition) is 4. The average Bonchev–Trinajstić information content (AvgIpc) is 2.70. The van der Waals surface area contributed by atoms with Crippen molar-refractivity contribution in [3.05, 3.63) is 71.8 Å². The molecule has 1 atom stereocenters. The Hall–Kier alpha value is -3.15. The molecule has 0 saturated heterocycles. The van der Waals surface area contributed by atoms with Crippen molar-refractivity contribution in [2.24, 2.45) is 0 Å². The Labute approximate surface area is 152 Å². The van der Waals surface area contributed by atoms with Gasteiger partial charge in [0.2, 0.25) is 5.91 Å². The molecule has 2 aromatic carbocycles. The molecule has 0 heterocycles. The van der Waals surface area contributed by atoms with Gasteiger partial charge in [-0.15, -0.1) is 0 Å². The lowest BCUT2D eigenvalue weighted by atomic mass is 10.1. The minimum absolute atomic E-state index is 0.216. The highest BCUT2D eigenvalue weighted by molar-refractivity contribution is 5.96. The third-order valence-corrected chi connectivity index (χ3v) is 3.83. The van der Waals surface area contributed by atoms with Crippen LogP contribution in [0, 0.1) is 0 Å². The Kier molecular flexibility index (Phi) is 7.36.